The van der Waals surface area contributed by atoms with Crippen LogP contribution in [0.3, 0.4) is 0 Å². The van der Waals surface area contributed by atoms with Gasteiger partial charge in [-0.3, -0.25) is 5.41 Å². The molecule has 0 unspecified atom stereocenters. The largest absolute Gasteiger partial charge is 0.398 e. The summed E-state index contributed by atoms with van der Waals surface area (Å²) in [7, 11) is 0. The molecule has 0 heterocycles. The van der Waals surface area contributed by atoms with Gasteiger partial charge in [0.25, 0.3) is 0 Å². The van der Waals surface area contributed by atoms with Crippen molar-refractivity contribution in [1.29, 1.82) is 5.41 Å². The van der Waals surface area contributed by atoms with Crippen LogP contribution in [-0.2, 0) is 0 Å². The number of halogens is 1. The van der Waals surface area contributed by atoms with E-state index in [-0.39, 0.29) is 5.56 Å². The van der Waals surface area contributed by atoms with Gasteiger partial charge in [0.05, 0.1) is 5.56 Å². The Hall–Kier alpha value is -1.38. The number of rotatable bonds is 1. The summed E-state index contributed by atoms with van der Waals surface area (Å²) in [4.78, 5) is 0. The summed E-state index contributed by atoms with van der Waals surface area (Å²) in [6.45, 7) is 3.62. The predicted molar refractivity (Wildman–Crippen MR) is 48.3 cm³/mol. The molecule has 0 saturated carbocycles. The number of hydrogen-bond donors (Lipinski definition) is 2. The van der Waals surface area contributed by atoms with Gasteiger partial charge in [-0.15, -0.1) is 0 Å². The quantitative estimate of drug-likeness (QED) is 0.487. The maximum Gasteiger partial charge on any atom is 0.215 e. The van der Waals surface area contributed by atoms with E-state index in [2.05, 4.69) is 0 Å². The summed E-state index contributed by atoms with van der Waals surface area (Å²) < 4.78 is 12.6. The van der Waals surface area contributed by atoms with E-state index in [9.17, 15) is 4.39 Å². The van der Waals surface area contributed by atoms with Gasteiger partial charge >= 0.3 is 0 Å². The number of benzene rings is 1. The van der Waals surface area contributed by atoms with Crippen molar-refractivity contribution in [3.8, 4) is 0 Å². The molecule has 0 atom stereocenters. The van der Waals surface area contributed by atoms with Crippen LogP contribution in [-0.4, -0.2) is 5.97 Å². The van der Waals surface area contributed by atoms with Gasteiger partial charge in [-0.1, -0.05) is 6.07 Å². The Morgan fingerprint density at radius 3 is 2.42 bits per heavy atom. The first-order chi connectivity index (χ1) is 5.54. The minimum atomic E-state index is -0.964. The zero-order chi connectivity index (χ0) is 9.30. The van der Waals surface area contributed by atoms with E-state index in [1.54, 1.807) is 13.0 Å². The lowest BCUT2D eigenvalue weighted by atomic mass is 10.0. The van der Waals surface area contributed by atoms with Crippen molar-refractivity contribution in [2.24, 2.45) is 0 Å². The smallest absolute Gasteiger partial charge is 0.215 e. The molecular weight excluding hydrogens is 155 g/mol. The van der Waals surface area contributed by atoms with E-state index >= 15 is 0 Å². The summed E-state index contributed by atoms with van der Waals surface area (Å²) in [6, 6.07) is 3.43. The molecule has 0 fully saturated rings. The van der Waals surface area contributed by atoms with E-state index in [0.717, 1.165) is 11.1 Å². The van der Waals surface area contributed by atoms with Gasteiger partial charge in [0.2, 0.25) is 5.97 Å². The fourth-order valence-corrected chi connectivity index (χ4v) is 1.13. The molecule has 64 valence electrons. The summed E-state index contributed by atoms with van der Waals surface area (Å²) >= 11 is 0. The lowest BCUT2D eigenvalue weighted by molar-refractivity contribution is 0.796. The Balaban J connectivity index is 3.43. The predicted octanol–water partition coefficient (Wildman–Crippen LogP) is 2.18. The van der Waals surface area contributed by atoms with E-state index in [0.29, 0.717) is 5.69 Å². The number of anilines is 1. The SMILES string of the molecule is Cc1ccc(N)c(C(=N)F)c1C. The van der Waals surface area contributed by atoms with Crippen LogP contribution in [0, 0.1) is 19.3 Å². The van der Waals surface area contributed by atoms with Gasteiger partial charge in [0, 0.05) is 5.69 Å². The molecule has 3 N–H and O–H groups in total. The number of nitrogens with two attached hydrogens (primary N) is 1. The normalized spacial score (nSPS) is 9.92. The van der Waals surface area contributed by atoms with Crippen LogP contribution >= 0.6 is 0 Å². The average molecular weight is 166 g/mol. The molecule has 12 heavy (non-hydrogen) atoms. The number of hydrogen-bond acceptors (Lipinski definition) is 2. The third-order valence-corrected chi connectivity index (χ3v) is 1.99. The van der Waals surface area contributed by atoms with Crippen LogP contribution in [0.5, 0.6) is 0 Å². The van der Waals surface area contributed by atoms with Gasteiger partial charge in [0.1, 0.15) is 0 Å². The van der Waals surface area contributed by atoms with Crippen molar-refractivity contribution < 1.29 is 4.39 Å². The summed E-state index contributed by atoms with van der Waals surface area (Å²) in [5.41, 5.74) is 7.74. The minimum Gasteiger partial charge on any atom is -0.398 e. The molecule has 1 rings (SSSR count). The molecule has 2 nitrogen and oxygen atoms in total. The summed E-state index contributed by atoms with van der Waals surface area (Å²) in [6.07, 6.45) is 0. The van der Waals surface area contributed by atoms with Crippen molar-refractivity contribution >= 4 is 11.7 Å². The molecule has 0 aliphatic rings. The second-order valence-electron chi connectivity index (χ2n) is 2.79. The van der Waals surface area contributed by atoms with Gasteiger partial charge in [-0.2, -0.15) is 4.39 Å². The molecule has 0 aliphatic heterocycles. The summed E-state index contributed by atoms with van der Waals surface area (Å²) in [5, 5.41) is 6.87. The van der Waals surface area contributed by atoms with Crippen LogP contribution in [0.15, 0.2) is 12.1 Å². The maximum absolute atomic E-state index is 12.6. The van der Waals surface area contributed by atoms with E-state index < -0.39 is 5.97 Å². The second-order valence-corrected chi connectivity index (χ2v) is 2.79. The zero-order valence-corrected chi connectivity index (χ0v) is 7.11. The zero-order valence-electron chi connectivity index (χ0n) is 7.11. The molecule has 3 heteroatoms. The van der Waals surface area contributed by atoms with Gasteiger partial charge in [-0.25, -0.2) is 0 Å². The van der Waals surface area contributed by atoms with E-state index in [1.165, 1.54) is 0 Å². The third-order valence-electron chi connectivity index (χ3n) is 1.99. The van der Waals surface area contributed by atoms with Crippen LogP contribution in [0.25, 0.3) is 0 Å². The molecule has 0 radical (unpaired) electrons. The first-order valence-corrected chi connectivity index (χ1v) is 3.64. The number of nitrogens with one attached hydrogen (secondary N) is 1. The standard InChI is InChI=1S/C9H11FN2/c1-5-3-4-7(11)8(6(5)2)9(10)12/h3-4,12H,11H2,1-2H3. The lowest BCUT2D eigenvalue weighted by Crippen LogP contribution is -2.02. The third kappa shape index (κ3) is 1.30. The molecule has 0 amide bonds. The fraction of sp³-hybridized carbons (Fsp3) is 0.222. The Morgan fingerprint density at radius 1 is 1.42 bits per heavy atom. The fourth-order valence-electron chi connectivity index (χ4n) is 1.13. The Labute approximate surface area is 70.7 Å². The highest BCUT2D eigenvalue weighted by Crippen LogP contribution is 2.20. The second kappa shape index (κ2) is 2.93. The first-order valence-electron chi connectivity index (χ1n) is 3.64. The van der Waals surface area contributed by atoms with Gasteiger partial charge in [0.15, 0.2) is 0 Å². The topological polar surface area (TPSA) is 49.9 Å². The molecule has 0 aliphatic carbocycles. The highest BCUT2D eigenvalue weighted by molar-refractivity contribution is 5.97. The monoisotopic (exact) mass is 166 g/mol. The van der Waals surface area contributed by atoms with Gasteiger partial charge < -0.3 is 5.73 Å². The van der Waals surface area contributed by atoms with E-state index in [1.807, 2.05) is 13.0 Å². The average Bonchev–Trinajstić information content (AvgIpc) is 1.97. The molecule has 1 aromatic rings. The Morgan fingerprint density at radius 2 is 2.00 bits per heavy atom. The highest BCUT2D eigenvalue weighted by atomic mass is 19.1. The van der Waals surface area contributed by atoms with Crippen molar-refractivity contribution in [3.05, 3.63) is 28.8 Å². The number of nitrogen functional groups attached to an aromatic ring is 1. The molecule has 0 aromatic heterocycles. The molecule has 0 bridgehead atoms. The van der Waals surface area contributed by atoms with Crippen molar-refractivity contribution in [2.75, 3.05) is 5.73 Å². The van der Waals surface area contributed by atoms with Crippen LogP contribution in [0.4, 0.5) is 10.1 Å². The molecule has 0 saturated heterocycles. The van der Waals surface area contributed by atoms with Gasteiger partial charge in [-0.05, 0) is 31.0 Å². The van der Waals surface area contributed by atoms with Crippen molar-refractivity contribution in [2.45, 2.75) is 13.8 Å². The lowest BCUT2D eigenvalue weighted by Gasteiger charge is -2.07. The first kappa shape index (κ1) is 8.71. The Bertz CT molecular complexity index is 332. The summed E-state index contributed by atoms with van der Waals surface area (Å²) in [5.74, 6) is -0.964. The molecular formula is C9H11FN2. The van der Waals surface area contributed by atoms with Crippen molar-refractivity contribution in [3.63, 3.8) is 0 Å². The van der Waals surface area contributed by atoms with Crippen molar-refractivity contribution in [1.82, 2.24) is 0 Å². The minimum absolute atomic E-state index is 0.218. The molecule has 0 spiro atoms. The maximum atomic E-state index is 12.6. The molecule has 1 aromatic carbocycles. The van der Waals surface area contributed by atoms with Crippen LogP contribution in [0.2, 0.25) is 0 Å². The van der Waals surface area contributed by atoms with Crippen LogP contribution < -0.4 is 5.73 Å². The van der Waals surface area contributed by atoms with E-state index in [4.69, 9.17) is 11.1 Å². The number of aryl methyl sites for hydroxylation is 1. The Kier molecular flexibility index (Phi) is 2.13. The van der Waals surface area contributed by atoms with Crippen LogP contribution in [0.1, 0.15) is 16.7 Å². The highest BCUT2D eigenvalue weighted by Gasteiger charge is 2.09.